The van der Waals surface area contributed by atoms with Crippen LogP contribution in [0.25, 0.3) is 11.4 Å². The zero-order chi connectivity index (χ0) is 17.9. The van der Waals surface area contributed by atoms with Crippen LogP contribution in [-0.2, 0) is 17.0 Å². The van der Waals surface area contributed by atoms with Crippen molar-refractivity contribution in [1.82, 2.24) is 14.8 Å². The SMILES string of the molecule is Cc1ccc(CSc2nnc(-c3csc(C)c3)n2CC2CCCO2)cc1. The second kappa shape index (κ2) is 7.94. The third-order valence-corrected chi connectivity index (χ3v) is 6.50. The number of hydrogen-bond donors (Lipinski definition) is 0. The van der Waals surface area contributed by atoms with Crippen molar-refractivity contribution >= 4 is 23.1 Å². The lowest BCUT2D eigenvalue weighted by Gasteiger charge is -2.14. The van der Waals surface area contributed by atoms with E-state index in [9.17, 15) is 0 Å². The van der Waals surface area contributed by atoms with E-state index < -0.39 is 0 Å². The highest BCUT2D eigenvalue weighted by Crippen LogP contribution is 2.30. The molecule has 1 saturated heterocycles. The van der Waals surface area contributed by atoms with Gasteiger partial charge in [0.05, 0.1) is 12.6 Å². The summed E-state index contributed by atoms with van der Waals surface area (Å²) in [7, 11) is 0. The fourth-order valence-electron chi connectivity index (χ4n) is 3.16. The summed E-state index contributed by atoms with van der Waals surface area (Å²) in [5.41, 5.74) is 3.75. The van der Waals surface area contributed by atoms with Crippen molar-refractivity contribution in [3.8, 4) is 11.4 Å². The first-order chi connectivity index (χ1) is 12.7. The molecule has 1 aliphatic rings. The van der Waals surface area contributed by atoms with Gasteiger partial charge in [-0.1, -0.05) is 41.6 Å². The van der Waals surface area contributed by atoms with Crippen LogP contribution >= 0.6 is 23.1 Å². The van der Waals surface area contributed by atoms with E-state index in [-0.39, 0.29) is 6.10 Å². The molecule has 1 aromatic carbocycles. The summed E-state index contributed by atoms with van der Waals surface area (Å²) in [4.78, 5) is 1.29. The molecule has 0 radical (unpaired) electrons. The molecule has 2 aromatic heterocycles. The Labute approximate surface area is 162 Å². The lowest BCUT2D eigenvalue weighted by atomic mass is 10.2. The maximum absolute atomic E-state index is 5.87. The normalized spacial score (nSPS) is 17.1. The van der Waals surface area contributed by atoms with Gasteiger partial charge in [0.15, 0.2) is 11.0 Å². The first-order valence-corrected chi connectivity index (χ1v) is 10.8. The van der Waals surface area contributed by atoms with Gasteiger partial charge in [-0.25, -0.2) is 0 Å². The largest absolute Gasteiger partial charge is 0.376 e. The van der Waals surface area contributed by atoms with Crippen LogP contribution in [0.4, 0.5) is 0 Å². The van der Waals surface area contributed by atoms with Gasteiger partial charge in [0.1, 0.15) is 0 Å². The summed E-state index contributed by atoms with van der Waals surface area (Å²) in [5, 5.41) is 12.2. The van der Waals surface area contributed by atoms with Crippen LogP contribution in [0.3, 0.4) is 0 Å². The van der Waals surface area contributed by atoms with Gasteiger partial charge in [0, 0.05) is 28.2 Å². The molecule has 0 saturated carbocycles. The van der Waals surface area contributed by atoms with E-state index in [4.69, 9.17) is 4.74 Å². The number of nitrogens with zero attached hydrogens (tertiary/aromatic N) is 3. The molecule has 1 fully saturated rings. The minimum absolute atomic E-state index is 0.267. The molecule has 4 nitrogen and oxygen atoms in total. The average Bonchev–Trinajstić information content (AvgIpc) is 3.37. The van der Waals surface area contributed by atoms with Crippen LogP contribution < -0.4 is 0 Å². The Kier molecular flexibility index (Phi) is 5.43. The molecule has 1 aliphatic heterocycles. The third-order valence-electron chi connectivity index (χ3n) is 4.60. The Morgan fingerprint density at radius 2 is 2.08 bits per heavy atom. The molecule has 3 aromatic rings. The molecule has 0 spiro atoms. The Morgan fingerprint density at radius 1 is 1.23 bits per heavy atom. The van der Waals surface area contributed by atoms with Crippen molar-refractivity contribution in [1.29, 1.82) is 0 Å². The van der Waals surface area contributed by atoms with E-state index in [1.165, 1.54) is 16.0 Å². The van der Waals surface area contributed by atoms with Gasteiger partial charge in [-0.2, -0.15) is 0 Å². The van der Waals surface area contributed by atoms with E-state index in [0.29, 0.717) is 0 Å². The summed E-state index contributed by atoms with van der Waals surface area (Å²) in [5.74, 6) is 1.85. The summed E-state index contributed by atoms with van der Waals surface area (Å²) in [6, 6.07) is 10.9. The number of ether oxygens (including phenoxy) is 1. The van der Waals surface area contributed by atoms with Gasteiger partial charge < -0.3 is 4.74 Å². The highest BCUT2D eigenvalue weighted by molar-refractivity contribution is 7.98. The fourth-order valence-corrected chi connectivity index (χ4v) is 4.74. The van der Waals surface area contributed by atoms with Crippen molar-refractivity contribution in [3.63, 3.8) is 0 Å². The molecule has 3 heterocycles. The second-order valence-electron chi connectivity index (χ2n) is 6.77. The Morgan fingerprint density at radius 3 is 2.77 bits per heavy atom. The monoisotopic (exact) mass is 385 g/mol. The molecule has 6 heteroatoms. The lowest BCUT2D eigenvalue weighted by molar-refractivity contribution is 0.0953. The maximum atomic E-state index is 5.87. The van der Waals surface area contributed by atoms with E-state index in [1.54, 1.807) is 23.1 Å². The van der Waals surface area contributed by atoms with E-state index >= 15 is 0 Å². The predicted octanol–water partition coefficient (Wildman–Crippen LogP) is 5.09. The number of benzene rings is 1. The molecule has 4 rings (SSSR count). The number of hydrogen-bond acceptors (Lipinski definition) is 5. The number of aromatic nitrogens is 3. The maximum Gasteiger partial charge on any atom is 0.191 e. The number of aryl methyl sites for hydroxylation is 2. The zero-order valence-corrected chi connectivity index (χ0v) is 16.8. The quantitative estimate of drug-likeness (QED) is 0.554. The first-order valence-electron chi connectivity index (χ1n) is 8.98. The van der Waals surface area contributed by atoms with Crippen molar-refractivity contribution in [2.24, 2.45) is 0 Å². The van der Waals surface area contributed by atoms with E-state index in [1.807, 2.05) is 0 Å². The molecule has 0 N–H and O–H groups in total. The van der Waals surface area contributed by atoms with Crippen molar-refractivity contribution < 1.29 is 4.74 Å². The van der Waals surface area contributed by atoms with Gasteiger partial charge in [0.25, 0.3) is 0 Å². The van der Waals surface area contributed by atoms with Gasteiger partial charge in [-0.15, -0.1) is 21.5 Å². The molecule has 0 bridgehead atoms. The van der Waals surface area contributed by atoms with Crippen molar-refractivity contribution in [3.05, 3.63) is 51.7 Å². The fraction of sp³-hybridized carbons (Fsp3) is 0.400. The number of thiophene rings is 1. The smallest absolute Gasteiger partial charge is 0.191 e. The standard InChI is InChI=1S/C20H23N3OS2/c1-14-5-7-16(8-6-14)12-26-20-22-21-19(17-10-15(2)25-13-17)23(20)11-18-4-3-9-24-18/h5-8,10,13,18H,3-4,9,11-12H2,1-2H3. The third kappa shape index (κ3) is 4.03. The molecule has 1 unspecified atom stereocenters. The Bertz CT molecular complexity index is 864. The molecule has 0 aliphatic carbocycles. The lowest BCUT2D eigenvalue weighted by Crippen LogP contribution is -2.16. The topological polar surface area (TPSA) is 39.9 Å². The molecule has 0 amide bonds. The Balaban J connectivity index is 1.58. The molecule has 26 heavy (non-hydrogen) atoms. The van der Waals surface area contributed by atoms with Gasteiger partial charge in [0.2, 0.25) is 0 Å². The van der Waals surface area contributed by atoms with Crippen LogP contribution in [0, 0.1) is 13.8 Å². The van der Waals surface area contributed by atoms with E-state index in [0.717, 1.165) is 48.3 Å². The second-order valence-corrected chi connectivity index (χ2v) is 8.83. The van der Waals surface area contributed by atoms with E-state index in [2.05, 4.69) is 64.3 Å². The number of rotatable bonds is 6. The van der Waals surface area contributed by atoms with Crippen LogP contribution in [0.15, 0.2) is 40.9 Å². The van der Waals surface area contributed by atoms with Gasteiger partial charge in [-0.05, 0) is 38.3 Å². The minimum atomic E-state index is 0.267. The minimum Gasteiger partial charge on any atom is -0.376 e. The molecular weight excluding hydrogens is 362 g/mol. The summed E-state index contributed by atoms with van der Waals surface area (Å²) in [6.45, 7) is 5.94. The number of thioether (sulfide) groups is 1. The highest BCUT2D eigenvalue weighted by Gasteiger charge is 2.22. The molecule has 1 atom stereocenters. The molecular formula is C20H23N3OS2. The zero-order valence-electron chi connectivity index (χ0n) is 15.1. The summed E-state index contributed by atoms with van der Waals surface area (Å²) >= 11 is 3.50. The van der Waals surface area contributed by atoms with Crippen LogP contribution in [0.1, 0.15) is 28.8 Å². The van der Waals surface area contributed by atoms with Gasteiger partial charge in [-0.3, -0.25) is 4.57 Å². The average molecular weight is 386 g/mol. The highest BCUT2D eigenvalue weighted by atomic mass is 32.2. The summed E-state index contributed by atoms with van der Waals surface area (Å²) < 4.78 is 8.12. The Hall–Kier alpha value is -1.63. The predicted molar refractivity (Wildman–Crippen MR) is 108 cm³/mol. The summed E-state index contributed by atoms with van der Waals surface area (Å²) in [6.07, 6.45) is 2.52. The van der Waals surface area contributed by atoms with Crippen LogP contribution in [0.5, 0.6) is 0 Å². The van der Waals surface area contributed by atoms with Gasteiger partial charge >= 0.3 is 0 Å². The molecule has 136 valence electrons. The van der Waals surface area contributed by atoms with Crippen LogP contribution in [-0.4, -0.2) is 27.5 Å². The van der Waals surface area contributed by atoms with Crippen molar-refractivity contribution in [2.45, 2.75) is 50.2 Å². The van der Waals surface area contributed by atoms with Crippen molar-refractivity contribution in [2.75, 3.05) is 6.61 Å². The first kappa shape index (κ1) is 17.8. The van der Waals surface area contributed by atoms with Crippen LogP contribution in [0.2, 0.25) is 0 Å².